The summed E-state index contributed by atoms with van der Waals surface area (Å²) in [6, 6.07) is 8.86. The van der Waals surface area contributed by atoms with E-state index in [1.807, 2.05) is 0 Å². The maximum absolute atomic E-state index is 14.1. The number of nitrogens with one attached hydrogen (secondary N) is 2. The number of halogens is 3. The van der Waals surface area contributed by atoms with Gasteiger partial charge in [0.05, 0.1) is 15.8 Å². The van der Waals surface area contributed by atoms with Crippen molar-refractivity contribution in [2.75, 3.05) is 0 Å². The molecular weight excluding hydrogens is 414 g/mol. The monoisotopic (exact) mass is 426 g/mol. The van der Waals surface area contributed by atoms with Gasteiger partial charge in [0.2, 0.25) is 5.91 Å². The Balaban J connectivity index is 1.68. The fourth-order valence-corrected chi connectivity index (χ4v) is 3.93. The lowest BCUT2D eigenvalue weighted by molar-refractivity contribution is -0.118. The van der Waals surface area contributed by atoms with Crippen molar-refractivity contribution >= 4 is 52.0 Å². The Morgan fingerprint density at radius 3 is 2.63 bits per heavy atom. The summed E-state index contributed by atoms with van der Waals surface area (Å²) in [6.45, 7) is -0.0552. The highest BCUT2D eigenvalue weighted by atomic mass is 35.5. The summed E-state index contributed by atoms with van der Waals surface area (Å²) in [5.74, 6) is -1.31. The molecule has 2 aromatic rings. The molecule has 1 aliphatic heterocycles. The second-order valence-corrected chi connectivity index (χ2v) is 7.84. The van der Waals surface area contributed by atoms with Gasteiger partial charge in [-0.05, 0) is 36.2 Å². The van der Waals surface area contributed by atoms with Gasteiger partial charge < -0.3 is 5.32 Å². The molecule has 1 fully saturated rings. The molecule has 27 heavy (non-hydrogen) atoms. The van der Waals surface area contributed by atoms with Crippen molar-refractivity contribution in [2.45, 2.75) is 18.2 Å². The Labute approximate surface area is 168 Å². The second-order valence-electron chi connectivity index (χ2n) is 5.82. The van der Waals surface area contributed by atoms with Crippen molar-refractivity contribution in [3.05, 3.63) is 69.0 Å². The highest BCUT2D eigenvalue weighted by molar-refractivity contribution is 8.15. The van der Waals surface area contributed by atoms with Gasteiger partial charge in [-0.15, -0.1) is 0 Å². The quantitative estimate of drug-likeness (QED) is 0.758. The Morgan fingerprint density at radius 1 is 1.19 bits per heavy atom. The number of benzene rings is 2. The number of amides is 3. The van der Waals surface area contributed by atoms with Gasteiger partial charge in [-0.25, -0.2) is 4.39 Å². The molecule has 0 saturated carbocycles. The molecule has 0 radical (unpaired) electrons. The third-order valence-electron chi connectivity index (χ3n) is 3.91. The van der Waals surface area contributed by atoms with Crippen LogP contribution in [0.3, 0.4) is 0 Å². The minimum atomic E-state index is -0.543. The molecule has 0 bridgehead atoms. The van der Waals surface area contributed by atoms with E-state index in [1.54, 1.807) is 12.1 Å². The summed E-state index contributed by atoms with van der Waals surface area (Å²) in [4.78, 5) is 35.2. The molecular formula is C18H13Cl2FN2O3S. The second kappa shape index (κ2) is 8.29. The molecule has 1 unspecified atom stereocenters. The summed E-state index contributed by atoms with van der Waals surface area (Å²) in [5.41, 5.74) is 1.18. The molecule has 0 aromatic heterocycles. The average Bonchev–Trinajstić information content (AvgIpc) is 2.92. The van der Waals surface area contributed by atoms with Gasteiger partial charge in [-0.2, -0.15) is 0 Å². The molecule has 1 heterocycles. The molecule has 5 nitrogen and oxygen atoms in total. The van der Waals surface area contributed by atoms with E-state index < -0.39 is 17.0 Å². The van der Waals surface area contributed by atoms with Crippen LogP contribution in [0.25, 0.3) is 0 Å². The summed E-state index contributed by atoms with van der Waals surface area (Å²) in [6.07, 6.45) is 0.284. The van der Waals surface area contributed by atoms with E-state index in [4.69, 9.17) is 23.2 Å². The lowest BCUT2D eigenvalue weighted by Gasteiger charge is -2.11. The predicted octanol–water partition coefficient (Wildman–Crippen LogP) is 3.96. The van der Waals surface area contributed by atoms with Gasteiger partial charge in [0.25, 0.3) is 11.1 Å². The van der Waals surface area contributed by atoms with E-state index in [0.717, 1.165) is 11.8 Å². The minimum Gasteiger partial charge on any atom is -0.348 e. The molecule has 3 rings (SSSR count). The average molecular weight is 427 g/mol. The first-order valence-corrected chi connectivity index (χ1v) is 9.49. The summed E-state index contributed by atoms with van der Waals surface area (Å²) >= 11 is 12.7. The van der Waals surface area contributed by atoms with Crippen LogP contribution in [0.15, 0.2) is 36.4 Å². The zero-order chi connectivity index (χ0) is 19.6. The number of carbonyl (C=O) groups is 3. The van der Waals surface area contributed by atoms with Crippen molar-refractivity contribution < 1.29 is 18.8 Å². The number of carbonyl (C=O) groups excluding carboxylic acids is 3. The van der Waals surface area contributed by atoms with Crippen LogP contribution < -0.4 is 10.6 Å². The first-order chi connectivity index (χ1) is 12.8. The SMILES string of the molecule is O=C1NC(=O)C(Cc2ccc(F)c(CNC(=O)c3ccc(Cl)cc3Cl)c2)S1. The van der Waals surface area contributed by atoms with Gasteiger partial charge in [0.1, 0.15) is 5.82 Å². The molecule has 0 aliphatic carbocycles. The molecule has 1 atom stereocenters. The van der Waals surface area contributed by atoms with E-state index in [9.17, 15) is 18.8 Å². The van der Waals surface area contributed by atoms with Crippen molar-refractivity contribution in [1.82, 2.24) is 10.6 Å². The van der Waals surface area contributed by atoms with Crippen LogP contribution >= 0.6 is 35.0 Å². The molecule has 3 amide bonds. The van der Waals surface area contributed by atoms with Gasteiger partial charge in [0, 0.05) is 17.1 Å². The first-order valence-electron chi connectivity index (χ1n) is 7.85. The highest BCUT2D eigenvalue weighted by Crippen LogP contribution is 2.24. The smallest absolute Gasteiger partial charge is 0.286 e. The van der Waals surface area contributed by atoms with Crippen LogP contribution in [0.5, 0.6) is 0 Å². The Kier molecular flexibility index (Phi) is 6.04. The van der Waals surface area contributed by atoms with E-state index in [2.05, 4.69) is 10.6 Å². The number of thioether (sulfide) groups is 1. The van der Waals surface area contributed by atoms with E-state index in [1.165, 1.54) is 24.3 Å². The van der Waals surface area contributed by atoms with Crippen molar-refractivity contribution in [3.8, 4) is 0 Å². The van der Waals surface area contributed by atoms with Crippen LogP contribution in [-0.2, 0) is 17.8 Å². The third kappa shape index (κ3) is 4.80. The molecule has 0 spiro atoms. The molecule has 2 N–H and O–H groups in total. The Bertz CT molecular complexity index is 939. The number of imide groups is 1. The lowest BCUT2D eigenvalue weighted by Crippen LogP contribution is -2.25. The van der Waals surface area contributed by atoms with Crippen LogP contribution in [0.1, 0.15) is 21.5 Å². The van der Waals surface area contributed by atoms with E-state index in [-0.39, 0.29) is 40.3 Å². The molecule has 1 saturated heterocycles. The van der Waals surface area contributed by atoms with Crippen LogP contribution in [0.2, 0.25) is 10.0 Å². The van der Waals surface area contributed by atoms with Crippen LogP contribution in [0, 0.1) is 5.82 Å². The van der Waals surface area contributed by atoms with Crippen molar-refractivity contribution in [3.63, 3.8) is 0 Å². The summed E-state index contributed by atoms with van der Waals surface area (Å²) in [5, 5.41) is 4.49. The minimum absolute atomic E-state index is 0.0552. The molecule has 9 heteroatoms. The Morgan fingerprint density at radius 2 is 1.96 bits per heavy atom. The highest BCUT2D eigenvalue weighted by Gasteiger charge is 2.31. The van der Waals surface area contributed by atoms with Gasteiger partial charge >= 0.3 is 0 Å². The van der Waals surface area contributed by atoms with Gasteiger partial charge in [-0.1, -0.05) is 47.1 Å². The predicted molar refractivity (Wildman–Crippen MR) is 103 cm³/mol. The van der Waals surface area contributed by atoms with Gasteiger partial charge in [0.15, 0.2) is 0 Å². The van der Waals surface area contributed by atoms with Crippen molar-refractivity contribution in [1.29, 1.82) is 0 Å². The standard InChI is InChI=1S/C18H13Cl2FN2O3S/c19-11-2-3-12(13(20)7-11)16(24)22-8-10-5-9(1-4-14(10)21)6-15-17(25)23-18(26)27-15/h1-5,7,15H,6,8H2,(H,22,24)(H,23,25,26). The fourth-order valence-electron chi connectivity index (χ4n) is 2.58. The van der Waals surface area contributed by atoms with E-state index >= 15 is 0 Å². The molecule has 2 aromatic carbocycles. The zero-order valence-corrected chi connectivity index (χ0v) is 16.1. The zero-order valence-electron chi connectivity index (χ0n) is 13.7. The van der Waals surface area contributed by atoms with Crippen LogP contribution in [0.4, 0.5) is 9.18 Å². The van der Waals surface area contributed by atoms with Crippen LogP contribution in [-0.4, -0.2) is 22.3 Å². The maximum Gasteiger partial charge on any atom is 0.286 e. The third-order valence-corrected chi connectivity index (χ3v) is 5.44. The largest absolute Gasteiger partial charge is 0.348 e. The first kappa shape index (κ1) is 19.7. The topological polar surface area (TPSA) is 75.3 Å². The van der Waals surface area contributed by atoms with E-state index in [0.29, 0.717) is 10.6 Å². The molecule has 1 aliphatic rings. The fraction of sp³-hybridized carbons (Fsp3) is 0.167. The lowest BCUT2D eigenvalue weighted by atomic mass is 10.0. The number of hydrogen-bond donors (Lipinski definition) is 2. The van der Waals surface area contributed by atoms with Crippen molar-refractivity contribution in [2.24, 2.45) is 0 Å². The maximum atomic E-state index is 14.1. The van der Waals surface area contributed by atoms with Gasteiger partial charge in [-0.3, -0.25) is 19.7 Å². The molecule has 140 valence electrons. The normalized spacial score (nSPS) is 16.3. The number of rotatable bonds is 5. The Hall–Kier alpha value is -2.09. The summed E-state index contributed by atoms with van der Waals surface area (Å²) < 4.78 is 14.1. The summed E-state index contributed by atoms with van der Waals surface area (Å²) in [7, 11) is 0. The number of hydrogen-bond acceptors (Lipinski definition) is 4.